The predicted molar refractivity (Wildman–Crippen MR) is 70.2 cm³/mol. The number of hydrogen-bond acceptors (Lipinski definition) is 4. The number of benzene rings is 1. The zero-order valence-electron chi connectivity index (χ0n) is 10.6. The second-order valence-corrected chi connectivity index (χ2v) is 4.60. The largest absolute Gasteiger partial charge is 0.740 e. The Hall–Kier alpha value is -1.07. The Balaban J connectivity index is 2.20. The molecule has 5 heteroatoms. The molecule has 0 fully saturated rings. The molecule has 1 atom stereocenters. The third-order valence-corrected chi connectivity index (χ3v) is 2.83. The Bertz CT molecular complexity index is 351. The Morgan fingerprint density at radius 1 is 1.06 bits per heavy atom. The van der Waals surface area contributed by atoms with Gasteiger partial charge in [-0.25, -0.2) is 4.21 Å². The molecular weight excluding hydrogens is 252 g/mol. The van der Waals surface area contributed by atoms with Crippen LogP contribution in [0.2, 0.25) is 0 Å². The molecule has 0 amide bonds. The topological polar surface area (TPSA) is 58.6 Å². The lowest BCUT2D eigenvalue weighted by Crippen LogP contribution is -1.99. The molecule has 0 aliphatic rings. The first-order valence-corrected chi connectivity index (χ1v) is 7.23. The van der Waals surface area contributed by atoms with Crippen molar-refractivity contribution in [2.45, 2.75) is 39.0 Å². The average molecular weight is 271 g/mol. The lowest BCUT2D eigenvalue weighted by atomic mass is 10.2. The van der Waals surface area contributed by atoms with E-state index in [0.717, 1.165) is 12.2 Å². The van der Waals surface area contributed by atoms with Crippen LogP contribution in [-0.4, -0.2) is 15.4 Å². The third-order valence-electron chi connectivity index (χ3n) is 2.50. The highest BCUT2D eigenvalue weighted by Gasteiger charge is 1.97. The van der Waals surface area contributed by atoms with Crippen molar-refractivity contribution in [1.29, 1.82) is 0 Å². The van der Waals surface area contributed by atoms with Crippen molar-refractivity contribution < 1.29 is 17.7 Å². The van der Waals surface area contributed by atoms with Gasteiger partial charge in [-0.05, 0) is 30.7 Å². The molecule has 0 bridgehead atoms. The van der Waals surface area contributed by atoms with E-state index in [1.165, 1.54) is 25.7 Å². The summed E-state index contributed by atoms with van der Waals surface area (Å²) in [6, 6.07) is 6.55. The molecule has 0 saturated heterocycles. The van der Waals surface area contributed by atoms with E-state index in [-0.39, 0.29) is 0 Å². The summed E-state index contributed by atoms with van der Waals surface area (Å²) in [4.78, 5) is 0. The van der Waals surface area contributed by atoms with Crippen LogP contribution in [0, 0.1) is 0 Å². The summed E-state index contributed by atoms with van der Waals surface area (Å²) in [6.07, 6.45) is 6.00. The van der Waals surface area contributed by atoms with Gasteiger partial charge < -0.3 is 13.5 Å². The minimum Gasteiger partial charge on any atom is -0.740 e. The van der Waals surface area contributed by atoms with Crippen molar-refractivity contribution in [2.24, 2.45) is 0 Å². The van der Waals surface area contributed by atoms with Crippen LogP contribution in [0.15, 0.2) is 24.3 Å². The molecule has 1 aromatic carbocycles. The Morgan fingerprint density at radius 2 is 1.67 bits per heavy atom. The van der Waals surface area contributed by atoms with Crippen LogP contribution in [0.3, 0.4) is 0 Å². The minimum absolute atomic E-state index is 0.290. The number of unbranched alkanes of at least 4 members (excludes halogenated alkanes) is 4. The highest BCUT2D eigenvalue weighted by molar-refractivity contribution is 7.74. The standard InChI is InChI=1S/C13H20O4S/c1-2-3-4-5-6-11-16-12-7-9-13(10-8-12)17-18(14)15/h7-10H,2-6,11H2,1H3,(H,14,15)/p-1. The predicted octanol–water partition coefficient (Wildman–Crippen LogP) is 3.21. The van der Waals surface area contributed by atoms with Gasteiger partial charge in [-0.3, -0.25) is 0 Å². The van der Waals surface area contributed by atoms with Crippen molar-refractivity contribution in [3.63, 3.8) is 0 Å². The fourth-order valence-electron chi connectivity index (χ4n) is 1.57. The number of rotatable bonds is 9. The highest BCUT2D eigenvalue weighted by atomic mass is 32.2. The normalized spacial score (nSPS) is 12.1. The van der Waals surface area contributed by atoms with Gasteiger partial charge >= 0.3 is 0 Å². The fraction of sp³-hybridized carbons (Fsp3) is 0.538. The lowest BCUT2D eigenvalue weighted by molar-refractivity contribution is 0.304. The zero-order valence-corrected chi connectivity index (χ0v) is 11.4. The van der Waals surface area contributed by atoms with E-state index < -0.39 is 11.4 Å². The molecule has 0 aliphatic carbocycles. The maximum atomic E-state index is 10.3. The molecule has 102 valence electrons. The molecule has 18 heavy (non-hydrogen) atoms. The van der Waals surface area contributed by atoms with Crippen molar-refractivity contribution in [1.82, 2.24) is 0 Å². The third kappa shape index (κ3) is 6.61. The van der Waals surface area contributed by atoms with Gasteiger partial charge in [0, 0.05) is 0 Å². The van der Waals surface area contributed by atoms with E-state index in [9.17, 15) is 8.76 Å². The Morgan fingerprint density at radius 3 is 2.28 bits per heavy atom. The van der Waals surface area contributed by atoms with Crippen molar-refractivity contribution >= 4 is 11.4 Å². The van der Waals surface area contributed by atoms with E-state index >= 15 is 0 Å². The highest BCUT2D eigenvalue weighted by Crippen LogP contribution is 2.18. The second kappa shape index (κ2) is 8.94. The smallest absolute Gasteiger partial charge is 0.139 e. The molecular formula is C13H19O4S-. The van der Waals surface area contributed by atoms with Crippen molar-refractivity contribution in [3.05, 3.63) is 24.3 Å². The molecule has 0 N–H and O–H groups in total. The van der Waals surface area contributed by atoms with Crippen LogP contribution in [0.25, 0.3) is 0 Å². The fourth-order valence-corrected chi connectivity index (χ4v) is 1.83. The van der Waals surface area contributed by atoms with Crippen LogP contribution < -0.4 is 8.92 Å². The van der Waals surface area contributed by atoms with E-state index in [1.54, 1.807) is 24.3 Å². The molecule has 0 saturated carbocycles. The van der Waals surface area contributed by atoms with Gasteiger partial charge in [0.1, 0.15) is 22.9 Å². The summed E-state index contributed by atoms with van der Waals surface area (Å²) < 4.78 is 30.6. The molecule has 0 aliphatic heterocycles. The molecule has 4 nitrogen and oxygen atoms in total. The van der Waals surface area contributed by atoms with Crippen LogP contribution in [0.4, 0.5) is 0 Å². The zero-order chi connectivity index (χ0) is 13.2. The van der Waals surface area contributed by atoms with Gasteiger partial charge in [0.25, 0.3) is 0 Å². The average Bonchev–Trinajstić information content (AvgIpc) is 2.35. The van der Waals surface area contributed by atoms with E-state index in [0.29, 0.717) is 12.4 Å². The van der Waals surface area contributed by atoms with E-state index in [4.69, 9.17) is 4.74 Å². The molecule has 0 spiro atoms. The van der Waals surface area contributed by atoms with Crippen molar-refractivity contribution in [2.75, 3.05) is 6.61 Å². The summed E-state index contributed by atoms with van der Waals surface area (Å²) in [5.41, 5.74) is 0. The monoisotopic (exact) mass is 271 g/mol. The maximum absolute atomic E-state index is 10.3. The van der Waals surface area contributed by atoms with E-state index in [2.05, 4.69) is 11.1 Å². The lowest BCUT2D eigenvalue weighted by Gasteiger charge is -2.09. The van der Waals surface area contributed by atoms with Gasteiger partial charge in [0.05, 0.1) is 6.61 Å². The number of hydrogen-bond donors (Lipinski definition) is 0. The SMILES string of the molecule is CCCCCCCOc1ccc(OS(=O)[O-])cc1. The summed E-state index contributed by atoms with van der Waals surface area (Å²) in [6.45, 7) is 2.88. The summed E-state index contributed by atoms with van der Waals surface area (Å²) in [5, 5.41) is 0. The van der Waals surface area contributed by atoms with Gasteiger partial charge in [0.15, 0.2) is 0 Å². The van der Waals surface area contributed by atoms with E-state index in [1.807, 2.05) is 0 Å². The summed E-state index contributed by atoms with van der Waals surface area (Å²) in [5.74, 6) is 1.02. The summed E-state index contributed by atoms with van der Waals surface area (Å²) >= 11 is -2.52. The van der Waals surface area contributed by atoms with Crippen LogP contribution in [0.1, 0.15) is 39.0 Å². The Kier molecular flexibility index (Phi) is 7.44. The second-order valence-electron chi connectivity index (χ2n) is 4.02. The van der Waals surface area contributed by atoms with Gasteiger partial charge in [-0.2, -0.15) is 0 Å². The Labute approximate surface area is 111 Å². The summed E-state index contributed by atoms with van der Waals surface area (Å²) in [7, 11) is 0. The molecule has 1 rings (SSSR count). The first-order chi connectivity index (χ1) is 8.72. The molecule has 1 aromatic rings. The van der Waals surface area contributed by atoms with Gasteiger partial charge in [-0.15, -0.1) is 0 Å². The molecule has 1 unspecified atom stereocenters. The van der Waals surface area contributed by atoms with Gasteiger partial charge in [-0.1, -0.05) is 32.6 Å². The van der Waals surface area contributed by atoms with Gasteiger partial charge in [0.2, 0.25) is 0 Å². The van der Waals surface area contributed by atoms with Crippen molar-refractivity contribution in [3.8, 4) is 11.5 Å². The molecule has 0 aromatic heterocycles. The van der Waals surface area contributed by atoms with Crippen LogP contribution in [0.5, 0.6) is 11.5 Å². The first-order valence-electron chi connectivity index (χ1n) is 6.23. The quantitative estimate of drug-likeness (QED) is 0.511. The maximum Gasteiger partial charge on any atom is 0.139 e. The molecule has 0 radical (unpaired) electrons. The first kappa shape index (κ1) is 15.0. The number of ether oxygens (including phenoxy) is 1. The minimum atomic E-state index is -2.52. The van der Waals surface area contributed by atoms with Crippen LogP contribution in [-0.2, 0) is 11.4 Å². The van der Waals surface area contributed by atoms with Crippen LogP contribution >= 0.6 is 0 Å². The molecule has 0 heterocycles.